The van der Waals surface area contributed by atoms with Crippen LogP contribution in [-0.2, 0) is 11.4 Å². The lowest BCUT2D eigenvalue weighted by Crippen LogP contribution is -2.06. The third kappa shape index (κ3) is 5.32. The van der Waals surface area contributed by atoms with Gasteiger partial charge in [0, 0.05) is 18.1 Å². The topological polar surface area (TPSA) is 55.8 Å². The maximum atomic E-state index is 11.5. The van der Waals surface area contributed by atoms with Crippen LogP contribution in [-0.4, -0.2) is 22.0 Å². The Hall–Kier alpha value is -1.59. The average Bonchev–Trinajstić information content (AvgIpc) is 3.27. The van der Waals surface area contributed by atoms with Gasteiger partial charge in [-0.3, -0.25) is 0 Å². The van der Waals surface area contributed by atoms with Crippen LogP contribution < -0.4 is 9.47 Å². The van der Waals surface area contributed by atoms with Gasteiger partial charge in [0.25, 0.3) is 0 Å². The molecule has 4 nitrogen and oxygen atoms in total. The minimum absolute atomic E-state index is 0.0421. The molecule has 8 heteroatoms. The summed E-state index contributed by atoms with van der Waals surface area (Å²) in [6, 6.07) is 10.3. The number of halogens is 4. The van der Waals surface area contributed by atoms with Gasteiger partial charge in [0.05, 0.1) is 22.2 Å². The molecule has 2 aromatic carbocycles. The van der Waals surface area contributed by atoms with E-state index in [1.807, 2.05) is 12.1 Å². The number of ether oxygens (including phenoxy) is 2. The maximum absolute atomic E-state index is 11.5. The van der Waals surface area contributed by atoms with Gasteiger partial charge in [-0.1, -0.05) is 53.5 Å². The Morgan fingerprint density at radius 3 is 2.38 bits per heavy atom. The van der Waals surface area contributed by atoms with Gasteiger partial charge in [-0.15, -0.1) is 23.2 Å². The molecule has 1 unspecified atom stereocenters. The van der Waals surface area contributed by atoms with E-state index < -0.39 is 10.3 Å². The highest BCUT2D eigenvalue weighted by atomic mass is 35.5. The Bertz CT molecular complexity index is 932. The summed E-state index contributed by atoms with van der Waals surface area (Å²) in [6.45, 7) is 2.15. The predicted octanol–water partition coefficient (Wildman–Crippen LogP) is 6.63. The van der Waals surface area contributed by atoms with Crippen LogP contribution in [0, 0.1) is 5.92 Å². The number of carboxylic acids is 1. The molecule has 0 saturated heterocycles. The SMILES string of the molecule is C/C=C(/C(=O)O)c1ccccc1COc1cc(Cl)c(OCC2CC2(Cl)Cl)c(Cl)c1. The lowest BCUT2D eigenvalue weighted by Gasteiger charge is -2.14. The van der Waals surface area contributed by atoms with Gasteiger partial charge in [-0.25, -0.2) is 4.79 Å². The summed E-state index contributed by atoms with van der Waals surface area (Å²) in [5, 5.41) is 10.00. The second kappa shape index (κ2) is 9.05. The molecule has 1 aliphatic carbocycles. The van der Waals surface area contributed by atoms with Gasteiger partial charge in [0.2, 0.25) is 0 Å². The second-order valence-corrected chi connectivity index (χ2v) is 9.00. The van der Waals surface area contributed by atoms with Crippen molar-refractivity contribution in [3.63, 3.8) is 0 Å². The molecule has 0 radical (unpaired) electrons. The normalized spacial score (nSPS) is 17.7. The van der Waals surface area contributed by atoms with E-state index in [0.717, 1.165) is 5.56 Å². The molecule has 0 aliphatic heterocycles. The zero-order valence-corrected chi connectivity index (χ0v) is 18.4. The molecule has 2 aromatic rings. The van der Waals surface area contributed by atoms with Crippen LogP contribution in [0.1, 0.15) is 24.5 Å². The first-order valence-electron chi connectivity index (χ1n) is 8.83. The fourth-order valence-electron chi connectivity index (χ4n) is 2.86. The molecule has 1 fully saturated rings. The van der Waals surface area contributed by atoms with Gasteiger partial charge in [0.1, 0.15) is 16.7 Å². The fourth-order valence-corrected chi connectivity index (χ4v) is 3.93. The van der Waals surface area contributed by atoms with Crippen LogP contribution in [0.25, 0.3) is 5.57 Å². The van der Waals surface area contributed by atoms with E-state index in [1.165, 1.54) is 0 Å². The van der Waals surface area contributed by atoms with Gasteiger partial charge >= 0.3 is 5.97 Å². The molecule has 1 atom stereocenters. The Kier molecular flexibility index (Phi) is 6.90. The first kappa shape index (κ1) is 22.1. The van der Waals surface area contributed by atoms with Crippen molar-refractivity contribution in [3.8, 4) is 11.5 Å². The molecular formula is C21H18Cl4O4. The number of alkyl halides is 2. The highest BCUT2D eigenvalue weighted by molar-refractivity contribution is 6.50. The molecule has 0 aromatic heterocycles. The molecule has 0 amide bonds. The summed E-state index contributed by atoms with van der Waals surface area (Å²) in [5.74, 6) is -0.171. The van der Waals surface area contributed by atoms with E-state index in [1.54, 1.807) is 37.3 Å². The van der Waals surface area contributed by atoms with Crippen molar-refractivity contribution in [1.29, 1.82) is 0 Å². The molecule has 1 N–H and O–H groups in total. The molecule has 0 spiro atoms. The van der Waals surface area contributed by atoms with Gasteiger partial charge in [-0.05, 0) is 24.5 Å². The maximum Gasteiger partial charge on any atom is 0.335 e. The molecule has 29 heavy (non-hydrogen) atoms. The van der Waals surface area contributed by atoms with Gasteiger partial charge in [0.15, 0.2) is 5.75 Å². The zero-order chi connectivity index (χ0) is 21.2. The Labute approximate surface area is 188 Å². The number of hydrogen-bond donors (Lipinski definition) is 1. The van der Waals surface area contributed by atoms with Crippen molar-refractivity contribution < 1.29 is 19.4 Å². The number of hydrogen-bond acceptors (Lipinski definition) is 3. The van der Waals surface area contributed by atoms with E-state index in [4.69, 9.17) is 55.9 Å². The van der Waals surface area contributed by atoms with Crippen molar-refractivity contribution >= 4 is 57.9 Å². The van der Waals surface area contributed by atoms with Crippen molar-refractivity contribution in [3.05, 3.63) is 63.6 Å². The van der Waals surface area contributed by atoms with E-state index in [9.17, 15) is 9.90 Å². The Morgan fingerprint density at radius 2 is 1.83 bits per heavy atom. The molecule has 0 heterocycles. The van der Waals surface area contributed by atoms with Crippen LogP contribution >= 0.6 is 46.4 Å². The molecule has 0 bridgehead atoms. The average molecular weight is 476 g/mol. The number of carboxylic acid groups (broad SMARTS) is 1. The van der Waals surface area contributed by atoms with Crippen LogP contribution in [0.15, 0.2) is 42.5 Å². The first-order chi connectivity index (χ1) is 13.7. The largest absolute Gasteiger partial charge is 0.490 e. The van der Waals surface area contributed by atoms with Crippen LogP contribution in [0.4, 0.5) is 0 Å². The van der Waals surface area contributed by atoms with E-state index in [0.29, 0.717) is 40.1 Å². The van der Waals surface area contributed by atoms with Crippen molar-refractivity contribution in [2.45, 2.75) is 24.3 Å². The van der Waals surface area contributed by atoms with Gasteiger partial charge in [-0.2, -0.15) is 0 Å². The second-order valence-electron chi connectivity index (χ2n) is 6.64. The van der Waals surface area contributed by atoms with Crippen LogP contribution in [0.5, 0.6) is 11.5 Å². The third-order valence-electron chi connectivity index (χ3n) is 4.58. The summed E-state index contributed by atoms with van der Waals surface area (Å²) in [6.07, 6.45) is 2.22. The molecular weight excluding hydrogens is 458 g/mol. The number of benzene rings is 2. The summed E-state index contributed by atoms with van der Waals surface area (Å²) >= 11 is 24.6. The van der Waals surface area contributed by atoms with Crippen molar-refractivity contribution in [2.75, 3.05) is 6.61 Å². The minimum atomic E-state index is -0.999. The fraction of sp³-hybridized carbons (Fsp3) is 0.286. The minimum Gasteiger partial charge on any atom is -0.490 e. The lowest BCUT2D eigenvalue weighted by atomic mass is 10.00. The van der Waals surface area contributed by atoms with Crippen molar-refractivity contribution in [2.24, 2.45) is 5.92 Å². The zero-order valence-electron chi connectivity index (χ0n) is 15.4. The third-order valence-corrected chi connectivity index (χ3v) is 6.06. The Balaban J connectivity index is 1.71. The summed E-state index contributed by atoms with van der Waals surface area (Å²) in [7, 11) is 0. The molecule has 154 valence electrons. The van der Waals surface area contributed by atoms with E-state index in [2.05, 4.69) is 0 Å². The molecule has 3 rings (SSSR count). The van der Waals surface area contributed by atoms with Gasteiger partial charge < -0.3 is 14.6 Å². The summed E-state index contributed by atoms with van der Waals surface area (Å²) in [4.78, 5) is 11.5. The highest BCUT2D eigenvalue weighted by Crippen LogP contribution is 2.53. The van der Waals surface area contributed by atoms with Crippen molar-refractivity contribution in [1.82, 2.24) is 0 Å². The number of aliphatic carboxylic acids is 1. The van der Waals surface area contributed by atoms with E-state index >= 15 is 0 Å². The predicted molar refractivity (Wildman–Crippen MR) is 117 cm³/mol. The number of rotatable bonds is 8. The quantitative estimate of drug-likeness (QED) is 0.343. The Morgan fingerprint density at radius 1 is 1.21 bits per heavy atom. The standard InChI is InChI=1S/C21H18Cl4O4/c1-2-15(20(26)27)16-6-4-3-5-12(16)10-28-14-7-17(22)19(18(23)8-14)29-11-13-9-21(13,24)25/h2-8,13H,9-11H2,1H3,(H,26,27)/b15-2+. The molecule has 1 saturated carbocycles. The van der Waals surface area contributed by atoms with Crippen LogP contribution in [0.2, 0.25) is 10.0 Å². The smallest absolute Gasteiger partial charge is 0.335 e. The highest BCUT2D eigenvalue weighted by Gasteiger charge is 2.52. The number of allylic oxidation sites excluding steroid dienone is 1. The lowest BCUT2D eigenvalue weighted by molar-refractivity contribution is -0.130. The summed E-state index contributed by atoms with van der Waals surface area (Å²) < 4.78 is 10.7. The molecule has 1 aliphatic rings. The summed E-state index contributed by atoms with van der Waals surface area (Å²) in [5.41, 5.74) is 1.53. The monoisotopic (exact) mass is 474 g/mol. The van der Waals surface area contributed by atoms with Crippen LogP contribution in [0.3, 0.4) is 0 Å². The van der Waals surface area contributed by atoms with E-state index in [-0.39, 0.29) is 18.1 Å². The number of carbonyl (C=O) groups is 1. The first-order valence-corrected chi connectivity index (χ1v) is 10.3.